The highest BCUT2D eigenvalue weighted by atomic mass is 32.2. The van der Waals surface area contributed by atoms with E-state index in [2.05, 4.69) is 23.5 Å². The third-order valence-corrected chi connectivity index (χ3v) is 3.92. The molecule has 0 saturated carbocycles. The van der Waals surface area contributed by atoms with Crippen LogP contribution in [0.2, 0.25) is 0 Å². The molecule has 0 aromatic carbocycles. The highest BCUT2D eigenvalue weighted by Crippen LogP contribution is 2.17. The van der Waals surface area contributed by atoms with Gasteiger partial charge in [-0.2, -0.15) is 0 Å². The number of piperidine rings is 1. The number of rotatable bonds is 6. The van der Waals surface area contributed by atoms with Gasteiger partial charge in [0.15, 0.2) is 0 Å². The van der Waals surface area contributed by atoms with Gasteiger partial charge in [-0.15, -0.1) is 0 Å². The summed E-state index contributed by atoms with van der Waals surface area (Å²) in [4.78, 5) is 2.45. The van der Waals surface area contributed by atoms with Gasteiger partial charge in [0, 0.05) is 12.6 Å². The summed E-state index contributed by atoms with van der Waals surface area (Å²) in [7, 11) is -3.07. The van der Waals surface area contributed by atoms with Crippen LogP contribution in [0, 0.1) is 5.92 Å². The first kappa shape index (κ1) is 14.9. The zero-order valence-electron chi connectivity index (χ0n) is 11.3. The van der Waals surface area contributed by atoms with Gasteiger partial charge in [0.25, 0.3) is 0 Å². The van der Waals surface area contributed by atoms with Crippen molar-refractivity contribution >= 4 is 10.0 Å². The molecule has 0 radical (unpaired) electrons. The summed E-state index contributed by atoms with van der Waals surface area (Å²) < 4.78 is 25.0. The molecule has 0 bridgehead atoms. The maximum absolute atomic E-state index is 11.2. The summed E-state index contributed by atoms with van der Waals surface area (Å²) in [5.74, 6) is 0.600. The first-order chi connectivity index (χ1) is 7.88. The molecule has 102 valence electrons. The molecule has 0 spiro atoms. The fourth-order valence-electron chi connectivity index (χ4n) is 2.44. The molecule has 1 atom stereocenters. The van der Waals surface area contributed by atoms with Gasteiger partial charge in [-0.25, -0.2) is 13.1 Å². The standard InChI is InChI=1S/C12H26N2O2S/c1-11(2)9-12(10-13-17(3,15)16)14-7-5-4-6-8-14/h11-13H,4-10H2,1-3H3. The van der Waals surface area contributed by atoms with Gasteiger partial charge in [0.2, 0.25) is 10.0 Å². The Morgan fingerprint density at radius 2 is 1.76 bits per heavy atom. The second-order valence-corrected chi connectivity index (χ2v) is 7.33. The summed E-state index contributed by atoms with van der Waals surface area (Å²) in [6.07, 6.45) is 6.09. The number of nitrogens with zero attached hydrogens (tertiary/aromatic N) is 1. The molecule has 0 aliphatic carbocycles. The average Bonchev–Trinajstić information content (AvgIpc) is 2.24. The molecule has 1 rings (SSSR count). The first-order valence-corrected chi connectivity index (χ1v) is 8.46. The van der Waals surface area contributed by atoms with Gasteiger partial charge in [-0.3, -0.25) is 4.90 Å². The van der Waals surface area contributed by atoms with Gasteiger partial charge >= 0.3 is 0 Å². The lowest BCUT2D eigenvalue weighted by Gasteiger charge is -2.35. The quantitative estimate of drug-likeness (QED) is 0.788. The van der Waals surface area contributed by atoms with E-state index in [1.54, 1.807) is 0 Å². The van der Waals surface area contributed by atoms with Crippen LogP contribution in [0.5, 0.6) is 0 Å². The van der Waals surface area contributed by atoms with E-state index >= 15 is 0 Å². The van der Waals surface area contributed by atoms with E-state index in [0.29, 0.717) is 18.5 Å². The minimum absolute atomic E-state index is 0.352. The Morgan fingerprint density at radius 1 is 1.18 bits per heavy atom. The Balaban J connectivity index is 2.52. The second kappa shape index (κ2) is 6.71. The molecular formula is C12H26N2O2S. The van der Waals surface area contributed by atoms with Gasteiger partial charge in [0.1, 0.15) is 0 Å². The number of hydrogen-bond acceptors (Lipinski definition) is 3. The third kappa shape index (κ3) is 6.38. The predicted octanol–water partition coefficient (Wildman–Crippen LogP) is 1.44. The molecule has 1 saturated heterocycles. The van der Waals surface area contributed by atoms with Gasteiger partial charge in [-0.05, 0) is 38.3 Å². The van der Waals surface area contributed by atoms with E-state index in [1.165, 1.54) is 25.5 Å². The van der Waals surface area contributed by atoms with Crippen LogP contribution >= 0.6 is 0 Å². The van der Waals surface area contributed by atoms with Crippen LogP contribution in [0.4, 0.5) is 0 Å². The molecule has 0 amide bonds. The normalized spacial score (nSPS) is 20.7. The molecule has 1 aliphatic heterocycles. The smallest absolute Gasteiger partial charge is 0.208 e. The van der Waals surface area contributed by atoms with Gasteiger partial charge < -0.3 is 0 Å². The summed E-state index contributed by atoms with van der Waals surface area (Å²) in [5, 5.41) is 0. The molecule has 4 nitrogen and oxygen atoms in total. The van der Waals surface area contributed by atoms with E-state index in [4.69, 9.17) is 0 Å². The maximum atomic E-state index is 11.2. The predicted molar refractivity (Wildman–Crippen MR) is 71.5 cm³/mol. The van der Waals surface area contributed by atoms with Crippen LogP contribution in [0.3, 0.4) is 0 Å². The van der Waals surface area contributed by atoms with Crippen LogP contribution in [-0.4, -0.2) is 45.2 Å². The Kier molecular flexibility index (Phi) is 5.89. The van der Waals surface area contributed by atoms with Crippen molar-refractivity contribution in [3.8, 4) is 0 Å². The highest BCUT2D eigenvalue weighted by molar-refractivity contribution is 7.88. The van der Waals surface area contributed by atoms with Crippen molar-refractivity contribution in [1.29, 1.82) is 0 Å². The van der Waals surface area contributed by atoms with Crippen LogP contribution in [-0.2, 0) is 10.0 Å². The molecule has 0 aromatic rings. The van der Waals surface area contributed by atoms with Crippen LogP contribution in [0.15, 0.2) is 0 Å². The molecule has 1 heterocycles. The largest absolute Gasteiger partial charge is 0.299 e. The number of hydrogen-bond donors (Lipinski definition) is 1. The molecule has 17 heavy (non-hydrogen) atoms. The Labute approximate surface area is 106 Å². The summed E-state index contributed by atoms with van der Waals surface area (Å²) in [6.45, 7) is 7.16. The van der Waals surface area contributed by atoms with Crippen molar-refractivity contribution in [3.63, 3.8) is 0 Å². The van der Waals surface area contributed by atoms with Crippen molar-refractivity contribution in [2.75, 3.05) is 25.9 Å². The molecule has 0 aromatic heterocycles. The van der Waals surface area contributed by atoms with E-state index in [1.807, 2.05) is 0 Å². The topological polar surface area (TPSA) is 49.4 Å². The van der Waals surface area contributed by atoms with Crippen molar-refractivity contribution in [3.05, 3.63) is 0 Å². The third-order valence-electron chi connectivity index (χ3n) is 3.23. The lowest BCUT2D eigenvalue weighted by atomic mass is 10.00. The zero-order chi connectivity index (χ0) is 12.9. The summed E-state index contributed by atoms with van der Waals surface area (Å²) in [6, 6.07) is 0.352. The Morgan fingerprint density at radius 3 is 2.24 bits per heavy atom. The van der Waals surface area contributed by atoms with Crippen LogP contribution in [0.25, 0.3) is 0 Å². The van der Waals surface area contributed by atoms with E-state index in [-0.39, 0.29) is 0 Å². The summed E-state index contributed by atoms with van der Waals surface area (Å²) in [5.41, 5.74) is 0. The maximum Gasteiger partial charge on any atom is 0.208 e. The van der Waals surface area contributed by atoms with E-state index < -0.39 is 10.0 Å². The Hall–Kier alpha value is -0.130. The van der Waals surface area contributed by atoms with E-state index in [9.17, 15) is 8.42 Å². The molecule has 1 fully saturated rings. The number of sulfonamides is 1. The van der Waals surface area contributed by atoms with Crippen molar-refractivity contribution < 1.29 is 8.42 Å². The lowest BCUT2D eigenvalue weighted by molar-refractivity contribution is 0.146. The molecule has 1 unspecified atom stereocenters. The zero-order valence-corrected chi connectivity index (χ0v) is 12.1. The average molecular weight is 262 g/mol. The number of likely N-dealkylation sites (tertiary alicyclic amines) is 1. The van der Waals surface area contributed by atoms with Crippen LogP contribution < -0.4 is 4.72 Å². The number of nitrogens with one attached hydrogen (secondary N) is 1. The minimum Gasteiger partial charge on any atom is -0.299 e. The van der Waals surface area contributed by atoms with E-state index in [0.717, 1.165) is 19.5 Å². The molecule has 5 heteroatoms. The van der Waals surface area contributed by atoms with Gasteiger partial charge in [0.05, 0.1) is 6.26 Å². The SMILES string of the molecule is CC(C)CC(CNS(C)(=O)=O)N1CCCCC1. The lowest BCUT2D eigenvalue weighted by Crippen LogP contribution is -2.46. The molecular weight excluding hydrogens is 236 g/mol. The monoisotopic (exact) mass is 262 g/mol. The molecule has 1 N–H and O–H groups in total. The van der Waals surface area contributed by atoms with Crippen molar-refractivity contribution in [1.82, 2.24) is 9.62 Å². The van der Waals surface area contributed by atoms with Gasteiger partial charge in [-0.1, -0.05) is 20.3 Å². The first-order valence-electron chi connectivity index (χ1n) is 6.57. The second-order valence-electron chi connectivity index (χ2n) is 5.50. The minimum atomic E-state index is -3.07. The fourth-order valence-corrected chi connectivity index (χ4v) is 2.93. The highest BCUT2D eigenvalue weighted by Gasteiger charge is 2.22. The van der Waals surface area contributed by atoms with Crippen molar-refractivity contribution in [2.24, 2.45) is 5.92 Å². The van der Waals surface area contributed by atoms with Crippen molar-refractivity contribution in [2.45, 2.75) is 45.6 Å². The van der Waals surface area contributed by atoms with Crippen LogP contribution in [0.1, 0.15) is 39.5 Å². The molecule has 1 aliphatic rings. The fraction of sp³-hybridized carbons (Fsp3) is 1.00. The summed E-state index contributed by atoms with van der Waals surface area (Å²) >= 11 is 0. The Bertz CT molecular complexity index is 308.